The number of thiazole rings is 1. The van der Waals surface area contributed by atoms with Crippen LogP contribution in [-0.4, -0.2) is 74.9 Å². The maximum absolute atomic E-state index is 13.8. The first kappa shape index (κ1) is 32.4. The largest absolute Gasteiger partial charge is 0.480 e. The van der Waals surface area contributed by atoms with Crippen LogP contribution in [0.1, 0.15) is 77.1 Å². The summed E-state index contributed by atoms with van der Waals surface area (Å²) < 4.78 is 0. The number of carboxylic acid groups (broad SMARTS) is 1. The first-order valence-corrected chi connectivity index (χ1v) is 14.9. The Bertz CT molecular complexity index is 1210. The molecule has 5 atom stereocenters. The average molecular weight is 587 g/mol. The predicted octanol–water partition coefficient (Wildman–Crippen LogP) is 3.47. The van der Waals surface area contributed by atoms with Crippen LogP contribution in [-0.2, 0) is 19.2 Å². The monoisotopic (exact) mass is 586 g/mol. The number of likely N-dealkylation sites (tertiary alicyclic amines) is 1. The molecule has 3 unspecified atom stereocenters. The molecule has 0 radical (unpaired) electrons. The number of β-amino-alcohol motifs (C(OH)–C–C–N with tert-alkyl or cyclic N) is 1. The lowest BCUT2D eigenvalue weighted by Crippen LogP contribution is -2.59. The molecule has 41 heavy (non-hydrogen) atoms. The van der Waals surface area contributed by atoms with Crippen molar-refractivity contribution in [2.24, 2.45) is 5.41 Å². The van der Waals surface area contributed by atoms with Gasteiger partial charge in [-0.25, -0.2) is 4.98 Å². The molecule has 1 saturated heterocycles. The normalized spacial score (nSPS) is 19.4. The highest BCUT2D eigenvalue weighted by Crippen LogP contribution is 2.30. The van der Waals surface area contributed by atoms with Crippen LogP contribution >= 0.6 is 11.3 Å². The van der Waals surface area contributed by atoms with Crippen LogP contribution in [0.4, 0.5) is 0 Å². The molecule has 3 rings (SSSR count). The highest BCUT2D eigenvalue weighted by Gasteiger charge is 2.45. The molecule has 11 heteroatoms. The number of unbranched alkanes of at least 4 members (excludes halogenated alkanes) is 2. The molecule has 1 aromatic heterocycles. The van der Waals surface area contributed by atoms with Gasteiger partial charge in [0.2, 0.25) is 11.8 Å². The summed E-state index contributed by atoms with van der Waals surface area (Å²) >= 11 is 1.57. The van der Waals surface area contributed by atoms with E-state index in [0.29, 0.717) is 19.3 Å². The van der Waals surface area contributed by atoms with Gasteiger partial charge in [-0.05, 0) is 43.2 Å². The van der Waals surface area contributed by atoms with E-state index in [-0.39, 0.29) is 31.3 Å². The number of aliphatic hydroxyl groups is 1. The van der Waals surface area contributed by atoms with Gasteiger partial charge in [0.1, 0.15) is 18.4 Å². The van der Waals surface area contributed by atoms with Crippen LogP contribution in [0.15, 0.2) is 29.8 Å². The summed E-state index contributed by atoms with van der Waals surface area (Å²) in [6.07, 6.45) is 1.72. The zero-order valence-electron chi connectivity index (χ0n) is 24.4. The Kier molecular flexibility index (Phi) is 11.2. The minimum absolute atomic E-state index is 0.0144. The molecular formula is C30H42N4O6S. The summed E-state index contributed by atoms with van der Waals surface area (Å²) in [5.41, 5.74) is 4.04. The van der Waals surface area contributed by atoms with Crippen molar-refractivity contribution < 1.29 is 29.4 Å². The van der Waals surface area contributed by atoms with Gasteiger partial charge in [0.05, 0.1) is 34.3 Å². The van der Waals surface area contributed by atoms with E-state index in [9.17, 15) is 29.4 Å². The number of benzene rings is 1. The molecular weight excluding hydrogens is 544 g/mol. The molecule has 224 valence electrons. The SMILES string of the molecule is Cc1ncsc1-c1ccc(C(C)NC(=O)[C@@H]2C[C@@H](O)CN2C(=O)C(NC(CCCCC=O)C(=O)O)C(C)(C)C)cc1. The lowest BCUT2D eigenvalue weighted by Gasteiger charge is -2.37. The van der Waals surface area contributed by atoms with Gasteiger partial charge in [0.15, 0.2) is 0 Å². The highest BCUT2D eigenvalue weighted by atomic mass is 32.1. The number of aryl methyl sites for hydroxylation is 1. The fourth-order valence-corrected chi connectivity index (χ4v) is 5.93. The molecule has 0 aliphatic carbocycles. The van der Waals surface area contributed by atoms with Gasteiger partial charge in [0.25, 0.3) is 0 Å². The summed E-state index contributed by atoms with van der Waals surface area (Å²) in [7, 11) is 0. The van der Waals surface area contributed by atoms with Crippen molar-refractivity contribution in [3.8, 4) is 10.4 Å². The number of nitrogens with one attached hydrogen (secondary N) is 2. The van der Waals surface area contributed by atoms with Crippen LogP contribution in [0.3, 0.4) is 0 Å². The van der Waals surface area contributed by atoms with Crippen molar-refractivity contribution >= 4 is 35.4 Å². The number of carbonyl (C=O) groups is 4. The summed E-state index contributed by atoms with van der Waals surface area (Å²) in [5.74, 6) is -1.88. The van der Waals surface area contributed by atoms with E-state index in [1.165, 1.54) is 4.90 Å². The van der Waals surface area contributed by atoms with E-state index in [4.69, 9.17) is 0 Å². The van der Waals surface area contributed by atoms with Crippen molar-refractivity contribution in [1.82, 2.24) is 20.5 Å². The molecule has 0 saturated carbocycles. The van der Waals surface area contributed by atoms with E-state index >= 15 is 0 Å². The van der Waals surface area contributed by atoms with Gasteiger partial charge in [-0.1, -0.05) is 51.5 Å². The van der Waals surface area contributed by atoms with E-state index in [0.717, 1.165) is 28.0 Å². The Labute approximate surface area is 245 Å². The number of amides is 2. The third-order valence-electron chi connectivity index (χ3n) is 7.49. The van der Waals surface area contributed by atoms with Gasteiger partial charge >= 0.3 is 5.97 Å². The van der Waals surface area contributed by atoms with E-state index in [2.05, 4.69) is 15.6 Å². The maximum atomic E-state index is 13.8. The Morgan fingerprint density at radius 2 is 1.88 bits per heavy atom. The zero-order valence-corrected chi connectivity index (χ0v) is 25.2. The van der Waals surface area contributed by atoms with Crippen LogP contribution in [0, 0.1) is 12.3 Å². The number of aldehydes is 1. The molecule has 1 aliphatic heterocycles. The number of carboxylic acids is 1. The third-order valence-corrected chi connectivity index (χ3v) is 8.46. The molecule has 0 bridgehead atoms. The maximum Gasteiger partial charge on any atom is 0.320 e. The molecule has 1 fully saturated rings. The third kappa shape index (κ3) is 8.43. The van der Waals surface area contributed by atoms with Crippen LogP contribution < -0.4 is 10.6 Å². The predicted molar refractivity (Wildman–Crippen MR) is 157 cm³/mol. The molecule has 4 N–H and O–H groups in total. The summed E-state index contributed by atoms with van der Waals surface area (Å²) in [4.78, 5) is 56.6. The van der Waals surface area contributed by atoms with Crippen LogP contribution in [0.25, 0.3) is 10.4 Å². The second-order valence-electron chi connectivity index (χ2n) is 11.8. The van der Waals surface area contributed by atoms with Gasteiger partial charge in [0, 0.05) is 19.4 Å². The second kappa shape index (κ2) is 14.2. The first-order chi connectivity index (χ1) is 19.3. The number of aromatic nitrogens is 1. The molecule has 2 heterocycles. The molecule has 0 spiro atoms. The molecule has 2 amide bonds. The quantitative estimate of drug-likeness (QED) is 0.206. The lowest BCUT2D eigenvalue weighted by atomic mass is 9.84. The minimum atomic E-state index is -1.08. The number of rotatable bonds is 13. The van der Waals surface area contributed by atoms with Gasteiger partial charge in [-0.15, -0.1) is 11.3 Å². The van der Waals surface area contributed by atoms with E-state index in [1.54, 1.807) is 11.3 Å². The smallest absolute Gasteiger partial charge is 0.320 e. The molecule has 1 aliphatic rings. The van der Waals surface area contributed by atoms with Crippen LogP contribution in [0.2, 0.25) is 0 Å². The number of aliphatic hydroxyl groups excluding tert-OH is 1. The average Bonchev–Trinajstić information content (AvgIpc) is 3.52. The molecule has 10 nitrogen and oxygen atoms in total. The standard InChI is InChI=1S/C30H42N4O6S/c1-18(20-10-12-21(13-11-20)25-19(2)31-17-41-25)32-27(37)24-15-22(36)16-34(24)28(38)26(30(3,4)5)33-23(29(39)40)9-7-6-8-14-35/h10-14,17-18,22-24,26,33,36H,6-9,15-16H2,1-5H3,(H,32,37)(H,39,40)/t18?,22-,23?,24+,26?/m1/s1. The highest BCUT2D eigenvalue weighted by molar-refractivity contribution is 7.13. The Morgan fingerprint density at radius 1 is 1.20 bits per heavy atom. The van der Waals surface area contributed by atoms with Crippen molar-refractivity contribution in [2.75, 3.05) is 6.54 Å². The first-order valence-electron chi connectivity index (χ1n) is 14.0. The van der Waals surface area contributed by atoms with Gasteiger partial charge < -0.3 is 25.2 Å². The number of nitrogens with zero attached hydrogens (tertiary/aromatic N) is 2. The molecule has 1 aromatic carbocycles. The van der Waals surface area contributed by atoms with Crippen molar-refractivity contribution in [3.05, 3.63) is 41.0 Å². The van der Waals surface area contributed by atoms with Gasteiger partial charge in [-0.3, -0.25) is 19.7 Å². The number of aliphatic carboxylic acids is 1. The van der Waals surface area contributed by atoms with E-state index < -0.39 is 41.5 Å². The summed E-state index contributed by atoms with van der Waals surface area (Å²) in [6.45, 7) is 9.30. The van der Waals surface area contributed by atoms with Crippen molar-refractivity contribution in [2.45, 2.75) is 97.0 Å². The minimum Gasteiger partial charge on any atom is -0.480 e. The van der Waals surface area contributed by atoms with Crippen molar-refractivity contribution in [1.29, 1.82) is 0 Å². The van der Waals surface area contributed by atoms with Crippen molar-refractivity contribution in [3.63, 3.8) is 0 Å². The number of hydrogen-bond donors (Lipinski definition) is 4. The number of carbonyl (C=O) groups excluding carboxylic acids is 3. The van der Waals surface area contributed by atoms with Crippen LogP contribution in [0.5, 0.6) is 0 Å². The fraction of sp³-hybridized carbons (Fsp3) is 0.567. The van der Waals surface area contributed by atoms with Gasteiger partial charge in [-0.2, -0.15) is 0 Å². The lowest BCUT2D eigenvalue weighted by molar-refractivity contribution is -0.145. The Morgan fingerprint density at radius 3 is 2.44 bits per heavy atom. The zero-order chi connectivity index (χ0) is 30.3. The Balaban J connectivity index is 1.72. The topological polar surface area (TPSA) is 149 Å². The second-order valence-corrected chi connectivity index (χ2v) is 12.7. The molecule has 2 aromatic rings. The number of hydrogen-bond acceptors (Lipinski definition) is 8. The Hall–Kier alpha value is -3.15. The van der Waals surface area contributed by atoms with E-state index in [1.807, 2.05) is 64.4 Å². The fourth-order valence-electron chi connectivity index (χ4n) is 5.11. The summed E-state index contributed by atoms with van der Waals surface area (Å²) in [5, 5.41) is 26.3. The summed E-state index contributed by atoms with van der Waals surface area (Å²) in [6, 6.07) is 4.76.